The third-order valence-corrected chi connectivity index (χ3v) is 8.50. The van der Waals surface area contributed by atoms with Gasteiger partial charge >= 0.3 is 5.97 Å². The highest BCUT2D eigenvalue weighted by Gasteiger charge is 2.58. The molecule has 0 aliphatic carbocycles. The molecule has 4 N–H and O–H groups in total. The molecule has 2 amide bonds. The molecule has 1 heterocycles. The van der Waals surface area contributed by atoms with E-state index >= 15 is 0 Å². The van der Waals surface area contributed by atoms with Gasteiger partial charge in [-0.25, -0.2) is 13.2 Å². The molecule has 218 valence electrons. The van der Waals surface area contributed by atoms with Crippen LogP contribution in [0.4, 0.5) is 0 Å². The Morgan fingerprint density at radius 2 is 1.82 bits per heavy atom. The van der Waals surface area contributed by atoms with Crippen LogP contribution in [0.5, 0.6) is 0 Å². The van der Waals surface area contributed by atoms with Crippen LogP contribution in [0.1, 0.15) is 46.0 Å². The molecule has 0 bridgehead atoms. The third-order valence-electron chi connectivity index (χ3n) is 7.06. The molecule has 2 aromatic carbocycles. The number of piperidine rings is 1. The first-order valence-electron chi connectivity index (χ1n) is 13.4. The first-order chi connectivity index (χ1) is 19.1. The second-order valence-electron chi connectivity index (χ2n) is 9.63. The number of esters is 1. The number of nitrogens with zero attached hydrogens (tertiary/aromatic N) is 3. The van der Waals surface area contributed by atoms with Crippen LogP contribution in [0.2, 0.25) is 0 Å². The number of benzene rings is 2. The first kappa shape index (κ1) is 31.0. The Morgan fingerprint density at radius 3 is 2.45 bits per heavy atom. The van der Waals surface area contributed by atoms with Gasteiger partial charge in [0.2, 0.25) is 22.3 Å². The zero-order valence-corrected chi connectivity index (χ0v) is 23.9. The second-order valence-corrected chi connectivity index (χ2v) is 11.3. The fourth-order valence-electron chi connectivity index (χ4n) is 4.81. The van der Waals surface area contributed by atoms with Gasteiger partial charge in [-0.3, -0.25) is 9.59 Å². The van der Waals surface area contributed by atoms with E-state index in [4.69, 9.17) is 10.6 Å². The van der Waals surface area contributed by atoms with Gasteiger partial charge in [0.05, 0.1) is 4.90 Å². The Bertz CT molecular complexity index is 1340. The van der Waals surface area contributed by atoms with Crippen molar-refractivity contribution in [2.75, 3.05) is 26.7 Å². The van der Waals surface area contributed by atoms with Crippen LogP contribution >= 0.6 is 0 Å². The molecule has 1 aliphatic rings. The van der Waals surface area contributed by atoms with Crippen molar-refractivity contribution in [2.45, 2.75) is 62.6 Å². The second kappa shape index (κ2) is 13.7. The molecule has 0 radical (unpaired) electrons. The molecule has 0 saturated carbocycles. The van der Waals surface area contributed by atoms with Crippen molar-refractivity contribution < 1.29 is 27.5 Å². The smallest absolute Gasteiger partial charge is 0.364 e. The van der Waals surface area contributed by atoms with Crippen molar-refractivity contribution >= 4 is 45.0 Å². The van der Waals surface area contributed by atoms with Crippen molar-refractivity contribution in [2.24, 2.45) is 10.9 Å². The van der Waals surface area contributed by atoms with E-state index in [0.29, 0.717) is 50.6 Å². The molecule has 1 saturated heterocycles. The van der Waals surface area contributed by atoms with E-state index in [-0.39, 0.29) is 23.9 Å². The highest BCUT2D eigenvalue weighted by Crippen LogP contribution is 2.27. The Morgan fingerprint density at radius 1 is 1.15 bits per heavy atom. The number of amides is 2. The maximum Gasteiger partial charge on any atom is 0.364 e. The topological polar surface area (TPSA) is 164 Å². The lowest BCUT2D eigenvalue weighted by atomic mass is 10.0. The lowest BCUT2D eigenvalue weighted by Gasteiger charge is -2.44. The zero-order valence-electron chi connectivity index (χ0n) is 23.1. The van der Waals surface area contributed by atoms with E-state index in [1.54, 1.807) is 25.1 Å². The van der Waals surface area contributed by atoms with Gasteiger partial charge in [-0.2, -0.15) is 9.82 Å². The van der Waals surface area contributed by atoms with Gasteiger partial charge in [0, 0.05) is 26.1 Å². The van der Waals surface area contributed by atoms with Gasteiger partial charge in [0.15, 0.2) is 0 Å². The van der Waals surface area contributed by atoms with Crippen molar-refractivity contribution in [3.63, 3.8) is 0 Å². The maximum atomic E-state index is 14.4. The minimum Gasteiger partial charge on any atom is -0.410 e. The Labute approximate surface area is 234 Å². The highest BCUT2D eigenvalue weighted by atomic mass is 32.2. The van der Waals surface area contributed by atoms with Crippen LogP contribution in [0.15, 0.2) is 52.5 Å². The molecular formula is C27H38N6O6S. The number of hydrogen-bond acceptors (Lipinski definition) is 9. The summed E-state index contributed by atoms with van der Waals surface area (Å²) in [6.45, 7) is 4.63. The minimum absolute atomic E-state index is 0.0793. The largest absolute Gasteiger partial charge is 0.410 e. The number of hydrogen-bond donors (Lipinski definition) is 3. The van der Waals surface area contributed by atoms with Gasteiger partial charge in [0.25, 0.3) is 11.6 Å². The van der Waals surface area contributed by atoms with Gasteiger partial charge in [-0.05, 0) is 55.3 Å². The van der Waals surface area contributed by atoms with Crippen LogP contribution in [-0.2, 0) is 29.1 Å². The number of ether oxygens (including phenoxy) is 1. The molecule has 1 unspecified atom stereocenters. The molecule has 1 aliphatic heterocycles. The summed E-state index contributed by atoms with van der Waals surface area (Å²) >= 11 is 0. The number of sulfonamides is 1. The number of hydrazone groups is 1. The molecule has 0 spiro atoms. The van der Waals surface area contributed by atoms with Crippen molar-refractivity contribution in [3.05, 3.63) is 42.5 Å². The van der Waals surface area contributed by atoms with Crippen LogP contribution in [0, 0.1) is 0 Å². The number of likely N-dealkylation sites (N-methyl/N-ethyl adjacent to an activating group) is 1. The van der Waals surface area contributed by atoms with Crippen LogP contribution in [0.25, 0.3) is 10.8 Å². The third kappa shape index (κ3) is 6.60. The number of unbranched alkanes of at least 4 members (excludes halogenated alkanes) is 1. The van der Waals surface area contributed by atoms with Gasteiger partial charge in [-0.15, -0.1) is 0 Å². The average Bonchev–Trinajstić information content (AvgIpc) is 2.98. The van der Waals surface area contributed by atoms with E-state index in [0.717, 1.165) is 10.3 Å². The monoisotopic (exact) mass is 574 g/mol. The number of fused-ring (bicyclic) bond motifs is 1. The minimum atomic E-state index is -4.58. The van der Waals surface area contributed by atoms with E-state index < -0.39 is 33.5 Å². The summed E-state index contributed by atoms with van der Waals surface area (Å²) in [5.74, 6) is 2.28. The fraction of sp³-hybridized carbons (Fsp3) is 0.481. The number of nitrogens with one attached hydrogen (secondary N) is 2. The predicted octanol–water partition coefficient (Wildman–Crippen LogP) is 1.51. The van der Waals surface area contributed by atoms with E-state index in [2.05, 4.69) is 15.1 Å². The van der Waals surface area contributed by atoms with E-state index in [9.17, 15) is 22.8 Å². The number of nitrogens with two attached hydrogens (primary N) is 1. The number of carbonyl (C=O) groups excluding carboxylic acids is 3. The van der Waals surface area contributed by atoms with E-state index in [1.807, 2.05) is 19.1 Å². The molecule has 2 aromatic rings. The molecule has 12 nitrogen and oxygen atoms in total. The Balaban J connectivity index is 2.24. The van der Waals surface area contributed by atoms with Crippen molar-refractivity contribution in [1.29, 1.82) is 0 Å². The summed E-state index contributed by atoms with van der Waals surface area (Å²) in [6, 6.07) is 11.3. The Hall–Kier alpha value is -3.55. The van der Waals surface area contributed by atoms with Crippen LogP contribution < -0.4 is 15.9 Å². The first-order valence-corrected chi connectivity index (χ1v) is 14.8. The summed E-state index contributed by atoms with van der Waals surface area (Å²) in [7, 11) is -3.08. The van der Waals surface area contributed by atoms with Gasteiger partial charge < -0.3 is 25.7 Å². The number of carbonyl (C=O) groups is 3. The molecule has 13 heteroatoms. The Kier molecular flexibility index (Phi) is 10.6. The lowest BCUT2D eigenvalue weighted by molar-refractivity contribution is -0.170. The summed E-state index contributed by atoms with van der Waals surface area (Å²) < 4.78 is 35.4. The SMILES string of the molecule is CCCCN(C(=O)CC)C(NS(=O)(=O)c1ccc2ccccc2c1)(C(=O)OC=NN)C(=O)N(C)C1CCNCC1. The quantitative estimate of drug-likeness (QED) is 0.0653. The summed E-state index contributed by atoms with van der Waals surface area (Å²) in [6.07, 6.45) is 2.67. The number of rotatable bonds is 12. The zero-order chi connectivity index (χ0) is 29.3. The van der Waals surface area contributed by atoms with Crippen LogP contribution in [0.3, 0.4) is 0 Å². The van der Waals surface area contributed by atoms with E-state index in [1.165, 1.54) is 24.1 Å². The highest BCUT2D eigenvalue weighted by molar-refractivity contribution is 7.89. The average molecular weight is 575 g/mol. The maximum absolute atomic E-state index is 14.4. The predicted molar refractivity (Wildman–Crippen MR) is 151 cm³/mol. The molecule has 1 fully saturated rings. The summed E-state index contributed by atoms with van der Waals surface area (Å²) in [5.41, 5.74) is -2.76. The molecule has 0 aromatic heterocycles. The fourth-order valence-corrected chi connectivity index (χ4v) is 6.12. The van der Waals surface area contributed by atoms with Crippen molar-refractivity contribution in [1.82, 2.24) is 19.8 Å². The van der Waals surface area contributed by atoms with Gasteiger partial charge in [-0.1, -0.05) is 50.6 Å². The van der Waals surface area contributed by atoms with Crippen LogP contribution in [-0.4, -0.2) is 80.8 Å². The summed E-state index contributed by atoms with van der Waals surface area (Å²) in [4.78, 5) is 43.8. The standard InChI is InChI=1S/C27H38N6O6S/c1-4-6-17-33(24(34)5-2)27(26(36)39-19-30-28,25(35)32(3)22-13-15-29-16-14-22)31-40(37,38)23-12-11-20-9-7-8-10-21(20)18-23/h7-12,18-19,22,29,31H,4-6,13-17,28H2,1-3H3. The molecule has 1 atom stereocenters. The van der Waals surface area contributed by atoms with Crippen molar-refractivity contribution in [3.8, 4) is 0 Å². The van der Waals surface area contributed by atoms with Gasteiger partial charge in [0.1, 0.15) is 0 Å². The summed E-state index contributed by atoms with van der Waals surface area (Å²) in [5, 5.41) is 7.83. The molecule has 3 rings (SSSR count). The lowest BCUT2D eigenvalue weighted by Crippen LogP contribution is -2.74. The normalized spacial score (nSPS) is 16.0. The molecular weight excluding hydrogens is 536 g/mol. The molecule has 40 heavy (non-hydrogen) atoms.